The van der Waals surface area contributed by atoms with E-state index in [0.717, 1.165) is 42.4 Å². The first-order chi connectivity index (χ1) is 10.8. The van der Waals surface area contributed by atoms with Crippen molar-refractivity contribution in [3.63, 3.8) is 0 Å². The maximum atomic E-state index is 12.2. The second kappa shape index (κ2) is 7.42. The van der Waals surface area contributed by atoms with Gasteiger partial charge in [-0.3, -0.25) is 9.89 Å². The summed E-state index contributed by atoms with van der Waals surface area (Å²) in [7, 11) is 0. The number of nitrogens with zero attached hydrogens (tertiary/aromatic N) is 2. The molecule has 6 nitrogen and oxygen atoms in total. The Morgan fingerprint density at radius 1 is 1.36 bits per heavy atom. The van der Waals surface area contributed by atoms with Gasteiger partial charge in [-0.05, 0) is 37.1 Å². The normalized spacial score (nSPS) is 18.1. The Morgan fingerprint density at radius 3 is 2.91 bits per heavy atom. The number of H-pyrrole nitrogens is 1. The Bertz CT molecular complexity index is 593. The van der Waals surface area contributed by atoms with Crippen LogP contribution in [-0.4, -0.2) is 40.2 Å². The SMILES string of the molecule is O=C(N[C@H]1CCCNC1)c1ccc(CSc2ncn[nH]2)cc1. The Balaban J connectivity index is 1.52. The number of carbonyl (C=O) groups excluding carboxylic acids is 1. The largest absolute Gasteiger partial charge is 0.348 e. The lowest BCUT2D eigenvalue weighted by molar-refractivity contribution is 0.0930. The molecule has 1 aliphatic heterocycles. The van der Waals surface area contributed by atoms with Gasteiger partial charge in [0.2, 0.25) is 0 Å². The summed E-state index contributed by atoms with van der Waals surface area (Å²) in [5.74, 6) is 0.798. The average molecular weight is 317 g/mol. The standard InChI is InChI=1S/C15H19N5OS/c21-14(19-13-2-1-7-16-8-13)12-5-3-11(4-6-12)9-22-15-17-10-18-20-15/h3-6,10,13,16H,1-2,7-9H2,(H,19,21)(H,17,18,20)/t13-/m0/s1. The Labute approximate surface area is 133 Å². The lowest BCUT2D eigenvalue weighted by atomic mass is 10.1. The molecule has 1 aromatic heterocycles. The molecule has 0 aliphatic carbocycles. The topological polar surface area (TPSA) is 82.7 Å². The van der Waals surface area contributed by atoms with Crippen LogP contribution in [0.1, 0.15) is 28.8 Å². The number of aromatic nitrogens is 3. The van der Waals surface area contributed by atoms with Crippen LogP contribution in [0, 0.1) is 0 Å². The van der Waals surface area contributed by atoms with Crippen LogP contribution in [0.5, 0.6) is 0 Å². The van der Waals surface area contributed by atoms with Gasteiger partial charge >= 0.3 is 0 Å². The van der Waals surface area contributed by atoms with E-state index in [1.54, 1.807) is 11.8 Å². The number of thioether (sulfide) groups is 1. The third-order valence-corrected chi connectivity index (χ3v) is 4.56. The van der Waals surface area contributed by atoms with Crippen LogP contribution in [0.4, 0.5) is 0 Å². The number of amides is 1. The fourth-order valence-corrected chi connectivity index (χ4v) is 3.15. The smallest absolute Gasteiger partial charge is 0.251 e. The number of hydrogen-bond acceptors (Lipinski definition) is 5. The monoisotopic (exact) mass is 317 g/mol. The highest BCUT2D eigenvalue weighted by atomic mass is 32.2. The van der Waals surface area contributed by atoms with E-state index in [1.807, 2.05) is 24.3 Å². The van der Waals surface area contributed by atoms with Gasteiger partial charge in [-0.25, -0.2) is 4.98 Å². The molecule has 0 unspecified atom stereocenters. The van der Waals surface area contributed by atoms with Gasteiger partial charge in [0, 0.05) is 23.9 Å². The van der Waals surface area contributed by atoms with Crippen molar-refractivity contribution in [2.24, 2.45) is 0 Å². The third-order valence-electron chi connectivity index (χ3n) is 3.62. The van der Waals surface area contributed by atoms with Crippen LogP contribution in [0.3, 0.4) is 0 Å². The first-order valence-corrected chi connectivity index (χ1v) is 8.38. The van der Waals surface area contributed by atoms with Crippen LogP contribution in [0.15, 0.2) is 35.7 Å². The van der Waals surface area contributed by atoms with Crippen molar-refractivity contribution in [3.05, 3.63) is 41.7 Å². The van der Waals surface area contributed by atoms with Crippen molar-refractivity contribution in [3.8, 4) is 0 Å². The van der Waals surface area contributed by atoms with Crippen molar-refractivity contribution in [2.75, 3.05) is 13.1 Å². The molecule has 1 atom stereocenters. The lowest BCUT2D eigenvalue weighted by Crippen LogP contribution is -2.45. The van der Waals surface area contributed by atoms with Gasteiger partial charge < -0.3 is 10.6 Å². The second-order valence-corrected chi connectivity index (χ2v) is 6.26. The van der Waals surface area contributed by atoms with Crippen LogP contribution >= 0.6 is 11.8 Å². The average Bonchev–Trinajstić information content (AvgIpc) is 3.08. The Hall–Kier alpha value is -1.86. The first kappa shape index (κ1) is 15.1. The fourth-order valence-electron chi connectivity index (χ4n) is 2.41. The van der Waals surface area contributed by atoms with Crippen LogP contribution in [0.2, 0.25) is 0 Å². The van der Waals surface area contributed by atoms with Crippen LogP contribution in [0.25, 0.3) is 0 Å². The summed E-state index contributed by atoms with van der Waals surface area (Å²) in [6.45, 7) is 1.90. The summed E-state index contributed by atoms with van der Waals surface area (Å²) in [6.07, 6.45) is 3.66. The van der Waals surface area contributed by atoms with Gasteiger partial charge in [-0.1, -0.05) is 23.9 Å². The van der Waals surface area contributed by atoms with E-state index < -0.39 is 0 Å². The minimum atomic E-state index is 0.00291. The molecule has 0 saturated carbocycles. The molecule has 1 fully saturated rings. The van der Waals surface area contributed by atoms with Gasteiger partial charge in [0.15, 0.2) is 5.16 Å². The predicted molar refractivity (Wildman–Crippen MR) is 85.7 cm³/mol. The second-order valence-electron chi connectivity index (χ2n) is 5.29. The molecular formula is C15H19N5OS. The number of carbonyl (C=O) groups is 1. The predicted octanol–water partition coefficient (Wildman–Crippen LogP) is 1.58. The zero-order valence-corrected chi connectivity index (χ0v) is 13.0. The van der Waals surface area contributed by atoms with Gasteiger partial charge in [0.25, 0.3) is 5.91 Å². The zero-order valence-electron chi connectivity index (χ0n) is 12.2. The highest BCUT2D eigenvalue weighted by molar-refractivity contribution is 7.98. The molecule has 1 saturated heterocycles. The lowest BCUT2D eigenvalue weighted by Gasteiger charge is -2.23. The summed E-state index contributed by atoms with van der Waals surface area (Å²) in [6, 6.07) is 7.96. The highest BCUT2D eigenvalue weighted by Gasteiger charge is 2.16. The van der Waals surface area contributed by atoms with Gasteiger partial charge in [0.05, 0.1) is 0 Å². The minimum Gasteiger partial charge on any atom is -0.348 e. The molecule has 2 heterocycles. The molecule has 22 heavy (non-hydrogen) atoms. The summed E-state index contributed by atoms with van der Waals surface area (Å²) in [5.41, 5.74) is 1.86. The summed E-state index contributed by atoms with van der Waals surface area (Å²) in [5, 5.41) is 13.8. The third kappa shape index (κ3) is 4.08. The van der Waals surface area contributed by atoms with E-state index in [1.165, 1.54) is 6.33 Å². The minimum absolute atomic E-state index is 0.00291. The Morgan fingerprint density at radius 2 is 2.23 bits per heavy atom. The molecule has 0 spiro atoms. The van der Waals surface area contributed by atoms with E-state index in [4.69, 9.17) is 0 Å². The number of aromatic amines is 1. The first-order valence-electron chi connectivity index (χ1n) is 7.40. The van der Waals surface area contributed by atoms with E-state index in [-0.39, 0.29) is 11.9 Å². The molecule has 1 amide bonds. The van der Waals surface area contributed by atoms with Gasteiger partial charge in [-0.2, -0.15) is 5.10 Å². The van der Waals surface area contributed by atoms with Crippen molar-refractivity contribution in [2.45, 2.75) is 29.8 Å². The molecule has 3 N–H and O–H groups in total. The number of nitrogens with one attached hydrogen (secondary N) is 3. The highest BCUT2D eigenvalue weighted by Crippen LogP contribution is 2.18. The van der Waals surface area contributed by atoms with Crippen molar-refractivity contribution < 1.29 is 4.79 Å². The number of benzene rings is 1. The van der Waals surface area contributed by atoms with E-state index in [2.05, 4.69) is 25.8 Å². The molecule has 1 aliphatic rings. The fraction of sp³-hybridized carbons (Fsp3) is 0.400. The van der Waals surface area contributed by atoms with Crippen LogP contribution < -0.4 is 10.6 Å². The zero-order chi connectivity index (χ0) is 15.2. The summed E-state index contributed by atoms with van der Waals surface area (Å²) in [4.78, 5) is 16.3. The number of piperidine rings is 1. The van der Waals surface area contributed by atoms with Crippen LogP contribution in [-0.2, 0) is 5.75 Å². The van der Waals surface area contributed by atoms with Gasteiger partial charge in [-0.15, -0.1) is 0 Å². The van der Waals surface area contributed by atoms with E-state index in [0.29, 0.717) is 5.56 Å². The molecule has 0 radical (unpaired) electrons. The van der Waals surface area contributed by atoms with Crippen molar-refractivity contribution in [1.29, 1.82) is 0 Å². The molecule has 116 valence electrons. The van der Waals surface area contributed by atoms with E-state index >= 15 is 0 Å². The summed E-state index contributed by atoms with van der Waals surface area (Å²) < 4.78 is 0. The van der Waals surface area contributed by atoms with E-state index in [9.17, 15) is 4.79 Å². The molecule has 7 heteroatoms. The molecule has 2 aromatic rings. The summed E-state index contributed by atoms with van der Waals surface area (Å²) >= 11 is 1.58. The molecule has 0 bridgehead atoms. The maximum Gasteiger partial charge on any atom is 0.251 e. The maximum absolute atomic E-state index is 12.2. The van der Waals surface area contributed by atoms with Crippen molar-refractivity contribution >= 4 is 17.7 Å². The molecular weight excluding hydrogens is 298 g/mol. The van der Waals surface area contributed by atoms with Crippen molar-refractivity contribution in [1.82, 2.24) is 25.8 Å². The quantitative estimate of drug-likeness (QED) is 0.729. The molecule has 3 rings (SSSR count). The van der Waals surface area contributed by atoms with Gasteiger partial charge in [0.1, 0.15) is 6.33 Å². The molecule has 1 aromatic carbocycles. The number of rotatable bonds is 5. The Kier molecular flexibility index (Phi) is 5.07. The number of hydrogen-bond donors (Lipinski definition) is 3.